The fraction of sp³-hybridized carbons (Fsp3) is 0.700. The van der Waals surface area contributed by atoms with E-state index in [-0.39, 0.29) is 11.3 Å². The summed E-state index contributed by atoms with van der Waals surface area (Å²) in [5.74, 6) is 0.0832. The van der Waals surface area contributed by atoms with Gasteiger partial charge in [0.15, 0.2) is 5.16 Å². The van der Waals surface area contributed by atoms with Gasteiger partial charge in [-0.1, -0.05) is 11.8 Å². The van der Waals surface area contributed by atoms with Gasteiger partial charge < -0.3 is 9.67 Å². The number of carbonyl (C=O) groups is 1. The first-order valence-corrected chi connectivity index (χ1v) is 6.28. The van der Waals surface area contributed by atoms with E-state index in [1.54, 1.807) is 0 Å². The van der Waals surface area contributed by atoms with Crippen LogP contribution in [0.25, 0.3) is 0 Å². The molecule has 1 fully saturated rings. The number of hydrogen-bond acceptors (Lipinski definition) is 4. The third-order valence-corrected chi connectivity index (χ3v) is 4.00. The molecule has 1 heterocycles. The highest BCUT2D eigenvalue weighted by atomic mass is 32.2. The molecule has 0 unspecified atom stereocenters. The van der Waals surface area contributed by atoms with Gasteiger partial charge in [0, 0.05) is 5.54 Å². The maximum absolute atomic E-state index is 10.5. The molecule has 88 valence electrons. The summed E-state index contributed by atoms with van der Waals surface area (Å²) >= 11 is 1.24. The Kier molecular flexibility index (Phi) is 2.92. The predicted octanol–water partition coefficient (Wildman–Crippen LogP) is 1.66. The molecule has 1 aromatic rings. The Hall–Kier alpha value is -1.04. The number of carboxylic acids is 1. The van der Waals surface area contributed by atoms with Crippen molar-refractivity contribution in [3.05, 3.63) is 5.82 Å². The van der Waals surface area contributed by atoms with Crippen LogP contribution in [0.4, 0.5) is 0 Å². The Morgan fingerprint density at radius 1 is 1.56 bits per heavy atom. The van der Waals surface area contributed by atoms with E-state index in [9.17, 15) is 4.79 Å². The average molecular weight is 241 g/mol. The molecule has 1 aliphatic rings. The second-order valence-electron chi connectivity index (χ2n) is 4.40. The molecule has 1 aromatic heterocycles. The number of rotatable bonds is 4. The molecule has 0 aliphatic heterocycles. The van der Waals surface area contributed by atoms with Gasteiger partial charge in [-0.05, 0) is 33.1 Å². The molecule has 5 nitrogen and oxygen atoms in total. The summed E-state index contributed by atoms with van der Waals surface area (Å²) in [4.78, 5) is 10.5. The van der Waals surface area contributed by atoms with Crippen molar-refractivity contribution in [2.75, 3.05) is 5.75 Å². The van der Waals surface area contributed by atoms with E-state index < -0.39 is 5.97 Å². The Labute approximate surface area is 98.3 Å². The lowest BCUT2D eigenvalue weighted by molar-refractivity contribution is -0.133. The van der Waals surface area contributed by atoms with Crippen molar-refractivity contribution in [3.63, 3.8) is 0 Å². The van der Waals surface area contributed by atoms with Gasteiger partial charge in [-0.15, -0.1) is 10.2 Å². The lowest BCUT2D eigenvalue weighted by Crippen LogP contribution is -2.38. The SMILES string of the molecule is Cc1nnc(SCC(=O)O)n1C1(C)CCC1. The Morgan fingerprint density at radius 3 is 2.75 bits per heavy atom. The minimum atomic E-state index is -0.823. The van der Waals surface area contributed by atoms with Crippen molar-refractivity contribution in [1.82, 2.24) is 14.8 Å². The first-order chi connectivity index (χ1) is 7.53. The monoisotopic (exact) mass is 241 g/mol. The number of nitrogens with zero attached hydrogens (tertiary/aromatic N) is 3. The summed E-state index contributed by atoms with van der Waals surface area (Å²) in [5, 5.41) is 17.5. The lowest BCUT2D eigenvalue weighted by atomic mass is 9.78. The quantitative estimate of drug-likeness (QED) is 0.812. The molecule has 0 amide bonds. The van der Waals surface area contributed by atoms with Gasteiger partial charge in [0.1, 0.15) is 5.82 Å². The van der Waals surface area contributed by atoms with Crippen molar-refractivity contribution >= 4 is 17.7 Å². The Bertz CT molecular complexity index is 412. The minimum Gasteiger partial charge on any atom is -0.481 e. The van der Waals surface area contributed by atoms with Gasteiger partial charge in [-0.25, -0.2) is 0 Å². The molecule has 0 bridgehead atoms. The second kappa shape index (κ2) is 4.08. The summed E-state index contributed by atoms with van der Waals surface area (Å²) in [5.41, 5.74) is 0.0917. The first kappa shape index (κ1) is 11.4. The topological polar surface area (TPSA) is 68.0 Å². The van der Waals surface area contributed by atoms with Crippen molar-refractivity contribution in [2.24, 2.45) is 0 Å². The van der Waals surface area contributed by atoms with E-state index in [1.807, 2.05) is 6.92 Å². The molecule has 0 radical (unpaired) electrons. The third-order valence-electron chi connectivity index (χ3n) is 3.09. The molecule has 16 heavy (non-hydrogen) atoms. The summed E-state index contributed by atoms with van der Waals surface area (Å²) in [7, 11) is 0. The molecule has 1 N–H and O–H groups in total. The van der Waals surface area contributed by atoms with Gasteiger partial charge in [-0.2, -0.15) is 0 Å². The predicted molar refractivity (Wildman–Crippen MR) is 60.6 cm³/mol. The molecular weight excluding hydrogens is 226 g/mol. The van der Waals surface area contributed by atoms with Crippen LogP contribution in [0.2, 0.25) is 0 Å². The Balaban J connectivity index is 2.22. The highest BCUT2D eigenvalue weighted by Crippen LogP contribution is 2.41. The number of aromatic nitrogens is 3. The van der Waals surface area contributed by atoms with Crippen LogP contribution < -0.4 is 0 Å². The summed E-state index contributed by atoms with van der Waals surface area (Å²) in [6.45, 7) is 4.10. The fourth-order valence-electron chi connectivity index (χ4n) is 2.10. The maximum atomic E-state index is 10.5. The van der Waals surface area contributed by atoms with Crippen LogP contribution in [-0.4, -0.2) is 31.6 Å². The van der Waals surface area contributed by atoms with Crippen LogP contribution >= 0.6 is 11.8 Å². The molecule has 0 aromatic carbocycles. The van der Waals surface area contributed by atoms with Crippen LogP contribution in [0.15, 0.2) is 5.16 Å². The zero-order chi connectivity index (χ0) is 11.8. The summed E-state index contributed by atoms with van der Waals surface area (Å²) in [6.07, 6.45) is 3.45. The molecule has 0 atom stereocenters. The van der Waals surface area contributed by atoms with Crippen molar-refractivity contribution in [1.29, 1.82) is 0 Å². The first-order valence-electron chi connectivity index (χ1n) is 5.30. The van der Waals surface area contributed by atoms with Crippen molar-refractivity contribution < 1.29 is 9.90 Å². The number of hydrogen-bond donors (Lipinski definition) is 1. The van der Waals surface area contributed by atoms with Crippen LogP contribution in [-0.2, 0) is 10.3 Å². The van der Waals surface area contributed by atoms with E-state index in [2.05, 4.69) is 21.7 Å². The summed E-state index contributed by atoms with van der Waals surface area (Å²) in [6, 6.07) is 0. The lowest BCUT2D eigenvalue weighted by Gasteiger charge is -2.40. The largest absolute Gasteiger partial charge is 0.481 e. The minimum absolute atomic E-state index is 0.0359. The number of aliphatic carboxylic acids is 1. The van der Waals surface area contributed by atoms with E-state index in [4.69, 9.17) is 5.11 Å². The molecule has 0 spiro atoms. The summed E-state index contributed by atoms with van der Waals surface area (Å²) < 4.78 is 2.09. The van der Waals surface area contributed by atoms with Crippen LogP contribution in [0.5, 0.6) is 0 Å². The van der Waals surface area contributed by atoms with Crippen LogP contribution in [0.1, 0.15) is 32.0 Å². The number of thioether (sulfide) groups is 1. The normalized spacial score (nSPS) is 18.1. The number of aryl methyl sites for hydroxylation is 1. The molecule has 1 aliphatic carbocycles. The van der Waals surface area contributed by atoms with E-state index in [0.717, 1.165) is 23.8 Å². The third kappa shape index (κ3) is 1.93. The van der Waals surface area contributed by atoms with E-state index in [0.29, 0.717) is 0 Å². The Morgan fingerprint density at radius 2 is 2.25 bits per heavy atom. The van der Waals surface area contributed by atoms with Gasteiger partial charge in [0.2, 0.25) is 0 Å². The highest BCUT2D eigenvalue weighted by molar-refractivity contribution is 7.99. The molecule has 2 rings (SSSR count). The van der Waals surface area contributed by atoms with Crippen LogP contribution in [0, 0.1) is 6.92 Å². The van der Waals surface area contributed by atoms with Gasteiger partial charge in [0.05, 0.1) is 5.75 Å². The zero-order valence-corrected chi connectivity index (χ0v) is 10.3. The molecule has 1 saturated carbocycles. The number of carboxylic acid groups (broad SMARTS) is 1. The average Bonchev–Trinajstić information content (AvgIpc) is 2.53. The highest BCUT2D eigenvalue weighted by Gasteiger charge is 2.37. The molecule has 0 saturated heterocycles. The smallest absolute Gasteiger partial charge is 0.313 e. The van der Waals surface area contributed by atoms with Gasteiger partial charge >= 0.3 is 5.97 Å². The van der Waals surface area contributed by atoms with Crippen molar-refractivity contribution in [2.45, 2.75) is 43.8 Å². The molecule has 6 heteroatoms. The second-order valence-corrected chi connectivity index (χ2v) is 5.34. The zero-order valence-electron chi connectivity index (χ0n) is 9.43. The van der Waals surface area contributed by atoms with Gasteiger partial charge in [0.25, 0.3) is 0 Å². The van der Waals surface area contributed by atoms with E-state index in [1.165, 1.54) is 18.2 Å². The van der Waals surface area contributed by atoms with E-state index >= 15 is 0 Å². The van der Waals surface area contributed by atoms with Crippen molar-refractivity contribution in [3.8, 4) is 0 Å². The standard InChI is InChI=1S/C10H15N3O2S/c1-7-11-12-9(16-6-8(14)15)13(7)10(2)4-3-5-10/h3-6H2,1-2H3,(H,14,15). The maximum Gasteiger partial charge on any atom is 0.313 e. The van der Waals surface area contributed by atoms with Gasteiger partial charge in [-0.3, -0.25) is 4.79 Å². The fourth-order valence-corrected chi connectivity index (χ4v) is 2.93. The van der Waals surface area contributed by atoms with Crippen LogP contribution in [0.3, 0.4) is 0 Å². The molecular formula is C10H15N3O2S.